The molecule has 0 atom stereocenters. The van der Waals surface area contributed by atoms with Crippen molar-refractivity contribution in [2.24, 2.45) is 7.05 Å². The molecule has 2 aromatic rings. The fourth-order valence-electron chi connectivity index (χ4n) is 2.15. The average Bonchev–Trinajstić information content (AvgIpc) is 2.95. The third kappa shape index (κ3) is 2.14. The number of nitrogens with zero attached hydrogens (tertiary/aromatic N) is 4. The molecule has 0 N–H and O–H groups in total. The number of hydrogen-bond acceptors (Lipinski definition) is 5. The summed E-state index contributed by atoms with van der Waals surface area (Å²) in [5, 5.41) is 9.57. The van der Waals surface area contributed by atoms with Gasteiger partial charge in [0.05, 0.1) is 0 Å². The first kappa shape index (κ1) is 13.2. The summed E-state index contributed by atoms with van der Waals surface area (Å²) in [4.78, 5) is 1.27. The Kier molecular flexibility index (Phi) is 3.24. The maximum Gasteiger partial charge on any atom is 0.263 e. The van der Waals surface area contributed by atoms with Gasteiger partial charge < -0.3 is 0 Å². The van der Waals surface area contributed by atoms with Crippen LogP contribution in [0.3, 0.4) is 0 Å². The van der Waals surface area contributed by atoms with Gasteiger partial charge in [0.2, 0.25) is 5.03 Å². The number of rotatable bonds is 2. The van der Waals surface area contributed by atoms with Crippen molar-refractivity contribution in [1.29, 1.82) is 0 Å². The molecular weight excluding hydrogens is 352 g/mol. The highest BCUT2D eigenvalue weighted by Crippen LogP contribution is 2.29. The van der Waals surface area contributed by atoms with Crippen LogP contribution in [0.4, 0.5) is 0 Å². The Balaban J connectivity index is 1.99. The molecule has 0 saturated heterocycles. The van der Waals surface area contributed by atoms with E-state index in [2.05, 4.69) is 26.2 Å². The number of aromatic nitrogens is 3. The quantitative estimate of drug-likeness (QED) is 0.809. The van der Waals surface area contributed by atoms with Crippen LogP contribution in [0.25, 0.3) is 0 Å². The standard InChI is InChI=1S/C10H11BrN4O2S2/c1-14-10(9(11)12-13-14)19(16,17)15-4-2-8-7(6-15)3-5-18-8/h3,5H,2,4,6H2,1H3. The van der Waals surface area contributed by atoms with Gasteiger partial charge in [-0.3, -0.25) is 0 Å². The molecule has 1 aliphatic heterocycles. The lowest BCUT2D eigenvalue weighted by molar-refractivity contribution is 0.389. The third-order valence-corrected chi connectivity index (χ3v) is 6.85. The highest BCUT2D eigenvalue weighted by molar-refractivity contribution is 9.10. The second kappa shape index (κ2) is 4.65. The molecular formula is C10H11BrN4O2S2. The average molecular weight is 363 g/mol. The molecule has 0 aromatic carbocycles. The summed E-state index contributed by atoms with van der Waals surface area (Å²) >= 11 is 4.83. The molecule has 0 unspecified atom stereocenters. The normalized spacial score (nSPS) is 16.5. The minimum Gasteiger partial charge on any atom is -0.235 e. The molecule has 0 aliphatic carbocycles. The summed E-state index contributed by atoms with van der Waals surface area (Å²) < 4.78 is 28.3. The molecule has 0 radical (unpaired) electrons. The highest BCUT2D eigenvalue weighted by Gasteiger charge is 2.33. The van der Waals surface area contributed by atoms with E-state index in [4.69, 9.17) is 0 Å². The number of halogens is 1. The Hall–Kier alpha value is -0.770. The van der Waals surface area contributed by atoms with Gasteiger partial charge in [0.1, 0.15) is 0 Å². The Labute approximate surface area is 123 Å². The monoisotopic (exact) mass is 362 g/mol. The van der Waals surface area contributed by atoms with E-state index in [9.17, 15) is 8.42 Å². The zero-order valence-electron chi connectivity index (χ0n) is 10.1. The first-order chi connectivity index (χ1) is 9.00. The predicted octanol–water partition coefficient (Wildman–Crippen LogP) is 1.39. The van der Waals surface area contributed by atoms with Gasteiger partial charge in [-0.15, -0.1) is 16.4 Å². The number of hydrogen-bond donors (Lipinski definition) is 0. The van der Waals surface area contributed by atoms with Crippen LogP contribution in [0.5, 0.6) is 0 Å². The number of thiophene rings is 1. The molecule has 3 rings (SSSR count). The molecule has 19 heavy (non-hydrogen) atoms. The predicted molar refractivity (Wildman–Crippen MR) is 74.3 cm³/mol. The molecule has 3 heterocycles. The fraction of sp³-hybridized carbons (Fsp3) is 0.400. The van der Waals surface area contributed by atoms with Crippen molar-refractivity contribution in [2.45, 2.75) is 18.0 Å². The number of fused-ring (bicyclic) bond motifs is 1. The first-order valence-electron chi connectivity index (χ1n) is 5.60. The Morgan fingerprint density at radius 3 is 2.95 bits per heavy atom. The van der Waals surface area contributed by atoms with Crippen LogP contribution in [0.15, 0.2) is 21.1 Å². The van der Waals surface area contributed by atoms with E-state index in [1.807, 2.05) is 11.4 Å². The second-order valence-electron chi connectivity index (χ2n) is 4.27. The summed E-state index contributed by atoms with van der Waals surface area (Å²) in [5.74, 6) is 0. The van der Waals surface area contributed by atoms with E-state index < -0.39 is 10.0 Å². The fourth-order valence-corrected chi connectivity index (χ4v) is 5.49. The van der Waals surface area contributed by atoms with Crippen LogP contribution in [-0.4, -0.2) is 34.3 Å². The molecule has 9 heteroatoms. The van der Waals surface area contributed by atoms with Crippen molar-refractivity contribution in [3.05, 3.63) is 26.5 Å². The van der Waals surface area contributed by atoms with Crippen molar-refractivity contribution in [1.82, 2.24) is 19.3 Å². The van der Waals surface area contributed by atoms with Crippen LogP contribution in [0.1, 0.15) is 10.4 Å². The van der Waals surface area contributed by atoms with Crippen LogP contribution < -0.4 is 0 Å². The topological polar surface area (TPSA) is 68.1 Å². The molecule has 2 aromatic heterocycles. The van der Waals surface area contributed by atoms with E-state index in [-0.39, 0.29) is 9.63 Å². The van der Waals surface area contributed by atoms with Crippen molar-refractivity contribution < 1.29 is 8.42 Å². The Morgan fingerprint density at radius 2 is 2.26 bits per heavy atom. The molecule has 6 nitrogen and oxygen atoms in total. The van der Waals surface area contributed by atoms with Crippen molar-refractivity contribution in [2.75, 3.05) is 6.54 Å². The zero-order chi connectivity index (χ0) is 13.6. The Bertz CT molecular complexity index is 702. The van der Waals surface area contributed by atoms with E-state index in [0.717, 1.165) is 12.0 Å². The lowest BCUT2D eigenvalue weighted by atomic mass is 10.1. The van der Waals surface area contributed by atoms with Gasteiger partial charge in [-0.1, -0.05) is 5.21 Å². The minimum atomic E-state index is -3.57. The summed E-state index contributed by atoms with van der Waals surface area (Å²) in [6.45, 7) is 0.909. The van der Waals surface area contributed by atoms with Gasteiger partial charge in [0.15, 0.2) is 4.60 Å². The maximum atomic E-state index is 12.6. The second-order valence-corrected chi connectivity index (χ2v) is 7.87. The summed E-state index contributed by atoms with van der Waals surface area (Å²) in [7, 11) is -2.00. The van der Waals surface area contributed by atoms with Gasteiger partial charge in [-0.05, 0) is 39.4 Å². The van der Waals surface area contributed by atoms with E-state index in [1.165, 1.54) is 13.9 Å². The highest BCUT2D eigenvalue weighted by atomic mass is 79.9. The van der Waals surface area contributed by atoms with Crippen LogP contribution in [0.2, 0.25) is 0 Å². The van der Waals surface area contributed by atoms with Crippen LogP contribution in [-0.2, 0) is 30.0 Å². The maximum absolute atomic E-state index is 12.6. The molecule has 1 aliphatic rings. The van der Waals surface area contributed by atoms with Crippen molar-refractivity contribution >= 4 is 37.3 Å². The lowest BCUT2D eigenvalue weighted by Gasteiger charge is -2.25. The van der Waals surface area contributed by atoms with Gasteiger partial charge in [-0.2, -0.15) is 4.31 Å². The van der Waals surface area contributed by atoms with Gasteiger partial charge in [0, 0.05) is 25.0 Å². The molecule has 0 saturated carbocycles. The Morgan fingerprint density at radius 1 is 1.47 bits per heavy atom. The lowest BCUT2D eigenvalue weighted by Crippen LogP contribution is -2.36. The molecule has 0 bridgehead atoms. The number of sulfonamides is 1. The first-order valence-corrected chi connectivity index (χ1v) is 8.72. The summed E-state index contributed by atoms with van der Waals surface area (Å²) in [6, 6.07) is 1.98. The molecule has 0 amide bonds. The molecule has 0 fully saturated rings. The zero-order valence-corrected chi connectivity index (χ0v) is 13.3. The van der Waals surface area contributed by atoms with E-state index in [0.29, 0.717) is 13.1 Å². The van der Waals surface area contributed by atoms with Gasteiger partial charge >= 0.3 is 0 Å². The summed E-state index contributed by atoms with van der Waals surface area (Å²) in [6.07, 6.45) is 0.759. The van der Waals surface area contributed by atoms with Crippen LogP contribution in [0, 0.1) is 0 Å². The molecule has 0 spiro atoms. The van der Waals surface area contributed by atoms with Crippen molar-refractivity contribution in [3.63, 3.8) is 0 Å². The SMILES string of the molecule is Cn1nnc(Br)c1S(=O)(=O)N1CCc2sccc2C1. The van der Waals surface area contributed by atoms with Gasteiger partial charge in [-0.25, -0.2) is 13.1 Å². The van der Waals surface area contributed by atoms with E-state index in [1.54, 1.807) is 18.4 Å². The number of aryl methyl sites for hydroxylation is 1. The van der Waals surface area contributed by atoms with Crippen molar-refractivity contribution in [3.8, 4) is 0 Å². The van der Waals surface area contributed by atoms with Gasteiger partial charge in [0.25, 0.3) is 10.0 Å². The van der Waals surface area contributed by atoms with Crippen LogP contribution >= 0.6 is 27.3 Å². The van der Waals surface area contributed by atoms with E-state index >= 15 is 0 Å². The smallest absolute Gasteiger partial charge is 0.235 e. The minimum absolute atomic E-state index is 0.103. The largest absolute Gasteiger partial charge is 0.263 e. The third-order valence-electron chi connectivity index (χ3n) is 3.09. The summed E-state index contributed by atoms with van der Waals surface area (Å²) in [5.41, 5.74) is 1.09. The molecule has 102 valence electrons.